The summed E-state index contributed by atoms with van der Waals surface area (Å²) in [6.07, 6.45) is 0. The van der Waals surface area contributed by atoms with Gasteiger partial charge in [0.25, 0.3) is 0 Å². The van der Waals surface area contributed by atoms with E-state index in [-0.39, 0.29) is 0 Å². The number of nitrogens with zero attached hydrogens (tertiary/aromatic N) is 4. The standard InChI is InChI=1S/C49H30N4/c50-31-32-13-12-16-35(29-32)52-43-23-10-6-19-38(43)48-46(52)27-28-47-49(48)39-20-7-11-24-44(39)53(47)41-21-8-4-17-36(41)33-25-26-45-40(30-33)37-18-5-9-22-42(37)51(45)34-14-2-1-3-15-34/h1-30H. The van der Waals surface area contributed by atoms with E-state index < -0.39 is 0 Å². The molecule has 11 rings (SSSR count). The van der Waals surface area contributed by atoms with Crippen LogP contribution < -0.4 is 0 Å². The molecule has 8 aromatic carbocycles. The Hall–Kier alpha value is -7.35. The van der Waals surface area contributed by atoms with E-state index in [2.05, 4.69) is 184 Å². The third-order valence-electron chi connectivity index (χ3n) is 10.8. The fraction of sp³-hybridized carbons (Fsp3) is 0. The molecule has 0 atom stereocenters. The van der Waals surface area contributed by atoms with Crippen LogP contribution in [0.15, 0.2) is 182 Å². The molecular weight excluding hydrogens is 645 g/mol. The van der Waals surface area contributed by atoms with Gasteiger partial charge in [-0.2, -0.15) is 5.26 Å². The van der Waals surface area contributed by atoms with Gasteiger partial charge in [-0.3, -0.25) is 0 Å². The van der Waals surface area contributed by atoms with Crippen LogP contribution >= 0.6 is 0 Å². The van der Waals surface area contributed by atoms with Gasteiger partial charge in [0.2, 0.25) is 0 Å². The van der Waals surface area contributed by atoms with Crippen molar-refractivity contribution < 1.29 is 0 Å². The third kappa shape index (κ3) is 4.22. The smallest absolute Gasteiger partial charge is 0.0992 e. The van der Waals surface area contributed by atoms with E-state index in [1.807, 2.05) is 18.2 Å². The van der Waals surface area contributed by atoms with Crippen molar-refractivity contribution in [2.45, 2.75) is 0 Å². The number of fused-ring (bicyclic) bond motifs is 10. The second kappa shape index (κ2) is 11.3. The Morgan fingerprint density at radius 2 is 0.887 bits per heavy atom. The molecule has 4 nitrogen and oxygen atoms in total. The summed E-state index contributed by atoms with van der Waals surface area (Å²) in [6, 6.07) is 67.2. The number of hydrogen-bond donors (Lipinski definition) is 0. The normalized spacial score (nSPS) is 11.8. The number of hydrogen-bond acceptors (Lipinski definition) is 1. The quantitative estimate of drug-likeness (QED) is 0.183. The minimum atomic E-state index is 0.644. The Kier molecular flexibility index (Phi) is 6.28. The molecule has 0 aliphatic rings. The zero-order valence-electron chi connectivity index (χ0n) is 28.6. The number of benzene rings is 8. The maximum Gasteiger partial charge on any atom is 0.0992 e. The molecule has 0 N–H and O–H groups in total. The Bertz CT molecular complexity index is 3300. The van der Waals surface area contributed by atoms with Crippen molar-refractivity contribution in [3.8, 4) is 34.3 Å². The average Bonchev–Trinajstić information content (AvgIpc) is 3.86. The van der Waals surface area contributed by atoms with Crippen molar-refractivity contribution in [1.29, 1.82) is 5.26 Å². The maximum absolute atomic E-state index is 9.75. The highest BCUT2D eigenvalue weighted by Gasteiger charge is 2.22. The van der Waals surface area contributed by atoms with E-state index in [1.165, 1.54) is 54.5 Å². The summed E-state index contributed by atoms with van der Waals surface area (Å²) >= 11 is 0. The summed E-state index contributed by atoms with van der Waals surface area (Å²) in [6.45, 7) is 0. The highest BCUT2D eigenvalue weighted by Crippen LogP contribution is 2.44. The van der Waals surface area contributed by atoms with E-state index in [1.54, 1.807) is 0 Å². The van der Waals surface area contributed by atoms with Crippen LogP contribution in [0.25, 0.3) is 93.6 Å². The van der Waals surface area contributed by atoms with Crippen LogP contribution in [0.5, 0.6) is 0 Å². The molecule has 3 aromatic heterocycles. The van der Waals surface area contributed by atoms with E-state index in [4.69, 9.17) is 0 Å². The summed E-state index contributed by atoms with van der Waals surface area (Å²) in [5.41, 5.74) is 13.2. The first-order chi connectivity index (χ1) is 26.3. The predicted molar refractivity (Wildman–Crippen MR) is 220 cm³/mol. The maximum atomic E-state index is 9.75. The highest BCUT2D eigenvalue weighted by atomic mass is 15.0. The van der Waals surface area contributed by atoms with Crippen molar-refractivity contribution in [2.24, 2.45) is 0 Å². The Labute approximate surface area is 305 Å². The van der Waals surface area contributed by atoms with Gasteiger partial charge in [-0.25, -0.2) is 0 Å². The van der Waals surface area contributed by atoms with Crippen molar-refractivity contribution in [2.75, 3.05) is 0 Å². The number of rotatable bonds is 4. The lowest BCUT2D eigenvalue weighted by Crippen LogP contribution is -1.97. The van der Waals surface area contributed by atoms with Gasteiger partial charge < -0.3 is 13.7 Å². The molecule has 246 valence electrons. The van der Waals surface area contributed by atoms with Crippen LogP contribution in [0.2, 0.25) is 0 Å². The van der Waals surface area contributed by atoms with Gasteiger partial charge >= 0.3 is 0 Å². The van der Waals surface area contributed by atoms with Crippen molar-refractivity contribution in [3.63, 3.8) is 0 Å². The Morgan fingerprint density at radius 3 is 1.62 bits per heavy atom. The zero-order valence-corrected chi connectivity index (χ0v) is 28.6. The topological polar surface area (TPSA) is 38.6 Å². The molecule has 0 saturated carbocycles. The Morgan fingerprint density at radius 1 is 0.358 bits per heavy atom. The van der Waals surface area contributed by atoms with Crippen molar-refractivity contribution >= 4 is 65.4 Å². The van der Waals surface area contributed by atoms with E-state index in [0.717, 1.165) is 39.1 Å². The zero-order chi connectivity index (χ0) is 35.0. The highest BCUT2D eigenvalue weighted by molar-refractivity contribution is 6.29. The fourth-order valence-electron chi connectivity index (χ4n) is 8.68. The van der Waals surface area contributed by atoms with Gasteiger partial charge in [-0.15, -0.1) is 0 Å². The lowest BCUT2D eigenvalue weighted by Gasteiger charge is -2.15. The lowest BCUT2D eigenvalue weighted by atomic mass is 10.0. The first-order valence-electron chi connectivity index (χ1n) is 17.9. The molecule has 3 heterocycles. The molecule has 0 spiro atoms. The molecule has 0 bridgehead atoms. The SMILES string of the molecule is N#Cc1cccc(-n2c3ccccc3c3c4c5ccccc5n(-c5ccccc5-c5ccc6c(c5)c5ccccc5n6-c5ccccc5)c4ccc32)c1. The lowest BCUT2D eigenvalue weighted by molar-refractivity contribution is 1.17. The first-order valence-corrected chi connectivity index (χ1v) is 17.9. The predicted octanol–water partition coefficient (Wildman–Crippen LogP) is 12.5. The van der Waals surface area contributed by atoms with Crippen molar-refractivity contribution in [1.82, 2.24) is 13.7 Å². The number of nitriles is 1. The van der Waals surface area contributed by atoms with Gasteiger partial charge in [0, 0.05) is 49.3 Å². The van der Waals surface area contributed by atoms with Gasteiger partial charge in [-0.05, 0) is 84.4 Å². The van der Waals surface area contributed by atoms with Crippen LogP contribution in [0.3, 0.4) is 0 Å². The van der Waals surface area contributed by atoms with Crippen LogP contribution in [0.4, 0.5) is 0 Å². The van der Waals surface area contributed by atoms with E-state index in [0.29, 0.717) is 5.56 Å². The summed E-state index contributed by atoms with van der Waals surface area (Å²) in [7, 11) is 0. The largest absolute Gasteiger partial charge is 0.309 e. The van der Waals surface area contributed by atoms with Crippen LogP contribution in [-0.2, 0) is 0 Å². The summed E-state index contributed by atoms with van der Waals surface area (Å²) in [5, 5.41) is 17.0. The molecule has 0 saturated heterocycles. The summed E-state index contributed by atoms with van der Waals surface area (Å²) < 4.78 is 7.11. The van der Waals surface area contributed by atoms with E-state index >= 15 is 0 Å². The monoisotopic (exact) mass is 674 g/mol. The third-order valence-corrected chi connectivity index (χ3v) is 10.8. The summed E-state index contributed by atoms with van der Waals surface area (Å²) in [4.78, 5) is 0. The second-order valence-electron chi connectivity index (χ2n) is 13.7. The number of para-hydroxylation sites is 5. The van der Waals surface area contributed by atoms with Crippen molar-refractivity contribution in [3.05, 3.63) is 188 Å². The first kappa shape index (κ1) is 29.4. The molecule has 0 aliphatic carbocycles. The fourth-order valence-corrected chi connectivity index (χ4v) is 8.68. The second-order valence-corrected chi connectivity index (χ2v) is 13.7. The molecule has 4 heteroatoms. The van der Waals surface area contributed by atoms with Gasteiger partial charge in [0.05, 0.1) is 50.4 Å². The number of aromatic nitrogens is 3. The molecule has 0 amide bonds. The molecule has 0 unspecified atom stereocenters. The molecule has 11 aromatic rings. The van der Waals surface area contributed by atoms with Gasteiger partial charge in [0.1, 0.15) is 0 Å². The molecule has 0 fully saturated rings. The van der Waals surface area contributed by atoms with E-state index in [9.17, 15) is 5.26 Å². The Balaban J connectivity index is 1.19. The summed E-state index contributed by atoms with van der Waals surface area (Å²) in [5.74, 6) is 0. The minimum absolute atomic E-state index is 0.644. The molecular formula is C49H30N4. The minimum Gasteiger partial charge on any atom is -0.309 e. The van der Waals surface area contributed by atoms with Crippen LogP contribution in [0, 0.1) is 11.3 Å². The molecule has 53 heavy (non-hydrogen) atoms. The molecule has 0 aliphatic heterocycles. The van der Waals surface area contributed by atoms with Gasteiger partial charge in [0.15, 0.2) is 0 Å². The van der Waals surface area contributed by atoms with Gasteiger partial charge in [-0.1, -0.05) is 103 Å². The molecule has 0 radical (unpaired) electrons. The van der Waals surface area contributed by atoms with Crippen LogP contribution in [-0.4, -0.2) is 13.7 Å². The van der Waals surface area contributed by atoms with Crippen LogP contribution in [0.1, 0.15) is 5.56 Å². The average molecular weight is 675 g/mol.